The highest BCUT2D eigenvalue weighted by Gasteiger charge is 2.30. The highest BCUT2D eigenvalue weighted by molar-refractivity contribution is 5.49. The highest BCUT2D eigenvalue weighted by atomic mass is 16.1. The Morgan fingerprint density at radius 3 is 2.93 bits per heavy atom. The molecule has 2 aliphatic heterocycles. The van der Waals surface area contributed by atoms with Gasteiger partial charge in [0.05, 0.1) is 0 Å². The van der Waals surface area contributed by atoms with Crippen molar-refractivity contribution in [1.82, 2.24) is 10.2 Å². The standard InChI is InChI=1S/C27H36N2O/c1-21-7-2-3-9-25(21)19-29-15-13-23(8-4-5-16-30)27(20-29)24-12-11-22-10-6-14-28-18-26(22)17-24/h2-3,7,9,11-12,16-17,23,27-28H,4-6,8,10,13-15,18-20H2,1H3. The minimum atomic E-state index is 0.558. The normalized spacial score (nSPS) is 22.3. The Hall–Kier alpha value is -1.97. The summed E-state index contributed by atoms with van der Waals surface area (Å²) in [7, 11) is 0. The van der Waals surface area contributed by atoms with Crippen molar-refractivity contribution in [3.63, 3.8) is 0 Å². The van der Waals surface area contributed by atoms with E-state index in [1.54, 1.807) is 0 Å². The van der Waals surface area contributed by atoms with Gasteiger partial charge in [-0.1, -0.05) is 42.5 Å². The molecular formula is C27H36N2O. The number of nitrogens with zero attached hydrogens (tertiary/aromatic N) is 1. The summed E-state index contributed by atoms with van der Waals surface area (Å²) in [5, 5.41) is 3.59. The van der Waals surface area contributed by atoms with Crippen molar-refractivity contribution < 1.29 is 4.79 Å². The van der Waals surface area contributed by atoms with Crippen LogP contribution in [0.5, 0.6) is 0 Å². The number of carbonyl (C=O) groups is 1. The first-order valence-electron chi connectivity index (χ1n) is 11.8. The summed E-state index contributed by atoms with van der Waals surface area (Å²) in [4.78, 5) is 13.5. The van der Waals surface area contributed by atoms with Crippen molar-refractivity contribution in [3.8, 4) is 0 Å². The minimum Gasteiger partial charge on any atom is -0.313 e. The molecule has 4 rings (SSSR count). The van der Waals surface area contributed by atoms with Crippen LogP contribution in [0.3, 0.4) is 0 Å². The van der Waals surface area contributed by atoms with Crippen molar-refractivity contribution in [2.24, 2.45) is 5.92 Å². The van der Waals surface area contributed by atoms with Crippen molar-refractivity contribution in [3.05, 3.63) is 70.3 Å². The average Bonchev–Trinajstić information content (AvgIpc) is 3.01. The van der Waals surface area contributed by atoms with Crippen LogP contribution in [0, 0.1) is 12.8 Å². The lowest BCUT2D eigenvalue weighted by molar-refractivity contribution is -0.108. The van der Waals surface area contributed by atoms with Crippen LogP contribution in [0.4, 0.5) is 0 Å². The van der Waals surface area contributed by atoms with Crippen molar-refractivity contribution in [2.45, 2.75) is 64.5 Å². The van der Waals surface area contributed by atoms with E-state index < -0.39 is 0 Å². The fourth-order valence-corrected chi connectivity index (χ4v) is 5.34. The molecule has 0 spiro atoms. The predicted octanol–water partition coefficient (Wildman–Crippen LogP) is 5.01. The number of carbonyl (C=O) groups excluding carboxylic acids is 1. The number of aryl methyl sites for hydroxylation is 2. The van der Waals surface area contributed by atoms with Crippen molar-refractivity contribution >= 4 is 6.29 Å². The Bertz CT molecular complexity index is 847. The number of benzene rings is 2. The molecule has 30 heavy (non-hydrogen) atoms. The maximum Gasteiger partial charge on any atom is 0.119 e. The molecule has 0 saturated carbocycles. The highest BCUT2D eigenvalue weighted by Crippen LogP contribution is 2.37. The van der Waals surface area contributed by atoms with E-state index in [1.165, 1.54) is 47.1 Å². The van der Waals surface area contributed by atoms with Crippen LogP contribution >= 0.6 is 0 Å². The van der Waals surface area contributed by atoms with E-state index in [0.29, 0.717) is 18.3 Å². The third-order valence-corrected chi connectivity index (χ3v) is 7.17. The molecule has 160 valence electrons. The summed E-state index contributed by atoms with van der Waals surface area (Å²) in [6.45, 7) is 7.65. The molecule has 1 saturated heterocycles. The first-order chi connectivity index (χ1) is 14.7. The number of rotatable bonds is 7. The number of likely N-dealkylation sites (tertiary alicyclic amines) is 1. The third-order valence-electron chi connectivity index (χ3n) is 7.17. The Labute approximate surface area is 181 Å². The van der Waals surface area contributed by atoms with Gasteiger partial charge in [-0.25, -0.2) is 0 Å². The molecule has 0 radical (unpaired) electrons. The Kier molecular flexibility index (Phi) is 7.35. The zero-order valence-corrected chi connectivity index (χ0v) is 18.4. The van der Waals surface area contributed by atoms with Crippen LogP contribution < -0.4 is 5.32 Å². The minimum absolute atomic E-state index is 0.558. The van der Waals surface area contributed by atoms with E-state index >= 15 is 0 Å². The van der Waals surface area contributed by atoms with Gasteiger partial charge in [0.15, 0.2) is 0 Å². The summed E-state index contributed by atoms with van der Waals surface area (Å²) >= 11 is 0. The van der Waals surface area contributed by atoms with Crippen LogP contribution in [0.2, 0.25) is 0 Å². The molecular weight excluding hydrogens is 368 g/mol. The molecule has 0 bridgehead atoms. The van der Waals surface area contributed by atoms with Crippen LogP contribution in [0.15, 0.2) is 42.5 Å². The second-order valence-electron chi connectivity index (χ2n) is 9.22. The Balaban J connectivity index is 1.54. The molecule has 3 heteroatoms. The van der Waals surface area contributed by atoms with Crippen LogP contribution in [0.1, 0.15) is 65.8 Å². The molecule has 3 nitrogen and oxygen atoms in total. The first-order valence-corrected chi connectivity index (χ1v) is 11.8. The number of fused-ring (bicyclic) bond motifs is 1. The molecule has 2 aliphatic rings. The molecule has 2 atom stereocenters. The zero-order chi connectivity index (χ0) is 20.8. The van der Waals surface area contributed by atoms with Crippen LogP contribution in [-0.2, 0) is 24.3 Å². The van der Waals surface area contributed by atoms with Crippen LogP contribution in [-0.4, -0.2) is 30.8 Å². The van der Waals surface area contributed by atoms with E-state index in [0.717, 1.165) is 51.9 Å². The van der Waals surface area contributed by atoms with E-state index in [9.17, 15) is 4.79 Å². The maximum atomic E-state index is 10.9. The molecule has 2 heterocycles. The monoisotopic (exact) mass is 404 g/mol. The number of aldehydes is 1. The van der Waals surface area contributed by atoms with Gasteiger partial charge in [-0.2, -0.15) is 0 Å². The van der Waals surface area contributed by atoms with Crippen molar-refractivity contribution in [1.29, 1.82) is 0 Å². The van der Waals surface area contributed by atoms with E-state index in [2.05, 4.69) is 59.6 Å². The van der Waals surface area contributed by atoms with E-state index in [4.69, 9.17) is 0 Å². The molecule has 1 N–H and O–H groups in total. The van der Waals surface area contributed by atoms with Gasteiger partial charge in [0.1, 0.15) is 6.29 Å². The summed E-state index contributed by atoms with van der Waals surface area (Å²) in [5.41, 5.74) is 7.35. The molecule has 2 aromatic carbocycles. The fraction of sp³-hybridized carbons (Fsp3) is 0.519. The van der Waals surface area contributed by atoms with Gasteiger partial charge in [-0.3, -0.25) is 4.90 Å². The number of nitrogens with one attached hydrogen (secondary N) is 1. The number of hydrogen-bond acceptors (Lipinski definition) is 3. The quantitative estimate of drug-likeness (QED) is 0.520. The summed E-state index contributed by atoms with van der Waals surface area (Å²) in [6, 6.07) is 16.1. The van der Waals surface area contributed by atoms with Gasteiger partial charge in [-0.05, 0) is 91.8 Å². The predicted molar refractivity (Wildman–Crippen MR) is 124 cm³/mol. The molecule has 0 aliphatic carbocycles. The van der Waals surface area contributed by atoms with Gasteiger partial charge >= 0.3 is 0 Å². The van der Waals surface area contributed by atoms with Crippen LogP contribution in [0.25, 0.3) is 0 Å². The SMILES string of the molecule is Cc1ccccc1CN1CCC(CCCC=O)C(c2ccc3c(c2)CNCCC3)C1. The number of hydrogen-bond donors (Lipinski definition) is 1. The number of piperidine rings is 1. The molecule has 0 amide bonds. The van der Waals surface area contributed by atoms with E-state index in [1.807, 2.05) is 0 Å². The fourth-order valence-electron chi connectivity index (χ4n) is 5.34. The molecule has 2 aromatic rings. The topological polar surface area (TPSA) is 32.3 Å². The smallest absolute Gasteiger partial charge is 0.119 e. The van der Waals surface area contributed by atoms with Gasteiger partial charge in [0.2, 0.25) is 0 Å². The molecule has 1 fully saturated rings. The Morgan fingerprint density at radius 1 is 1.17 bits per heavy atom. The molecule has 0 aromatic heterocycles. The van der Waals surface area contributed by atoms with Crippen molar-refractivity contribution in [2.75, 3.05) is 19.6 Å². The summed E-state index contributed by atoms with van der Waals surface area (Å²) < 4.78 is 0. The Morgan fingerprint density at radius 2 is 2.07 bits per heavy atom. The van der Waals surface area contributed by atoms with Gasteiger partial charge in [0.25, 0.3) is 0 Å². The van der Waals surface area contributed by atoms with E-state index in [-0.39, 0.29) is 0 Å². The largest absolute Gasteiger partial charge is 0.313 e. The number of unbranched alkanes of at least 4 members (excludes halogenated alkanes) is 1. The molecule has 2 unspecified atom stereocenters. The van der Waals surface area contributed by atoms with Gasteiger partial charge < -0.3 is 10.1 Å². The lowest BCUT2D eigenvalue weighted by atomic mass is 9.77. The second kappa shape index (κ2) is 10.4. The van der Waals surface area contributed by atoms with Gasteiger partial charge in [0, 0.05) is 26.1 Å². The lowest BCUT2D eigenvalue weighted by Gasteiger charge is -2.39. The zero-order valence-electron chi connectivity index (χ0n) is 18.4. The average molecular weight is 405 g/mol. The van der Waals surface area contributed by atoms with Gasteiger partial charge in [-0.15, -0.1) is 0 Å². The third kappa shape index (κ3) is 5.19. The second-order valence-corrected chi connectivity index (χ2v) is 9.22. The summed E-state index contributed by atoms with van der Waals surface area (Å²) in [5.74, 6) is 1.23. The summed E-state index contributed by atoms with van der Waals surface area (Å²) in [6.07, 6.45) is 7.61. The first kappa shape index (κ1) is 21.3. The lowest BCUT2D eigenvalue weighted by Crippen LogP contribution is -2.39. The maximum absolute atomic E-state index is 10.9.